The topological polar surface area (TPSA) is 79.6 Å². The summed E-state index contributed by atoms with van der Waals surface area (Å²) in [5.74, 6) is -1.76. The average molecular weight is 384 g/mol. The molecule has 0 bridgehead atoms. The van der Waals surface area contributed by atoms with Crippen molar-refractivity contribution in [2.45, 2.75) is 44.7 Å². The number of amides is 1. The van der Waals surface area contributed by atoms with E-state index in [-0.39, 0.29) is 35.6 Å². The Morgan fingerprint density at radius 1 is 1.14 bits per heavy atom. The summed E-state index contributed by atoms with van der Waals surface area (Å²) in [5, 5.41) is 10.4. The lowest BCUT2D eigenvalue weighted by molar-refractivity contribution is 0.0702. The van der Waals surface area contributed by atoms with Gasteiger partial charge in [-0.05, 0) is 43.4 Å². The van der Waals surface area contributed by atoms with Crippen molar-refractivity contribution < 1.29 is 19.1 Å². The lowest BCUT2D eigenvalue weighted by Crippen LogP contribution is -2.28. The first-order valence-electron chi connectivity index (χ1n) is 9.54. The largest absolute Gasteiger partial charge is 0.503 e. The van der Waals surface area contributed by atoms with E-state index < -0.39 is 17.0 Å². The maximum absolute atomic E-state index is 13.0. The van der Waals surface area contributed by atoms with Crippen molar-refractivity contribution >= 4 is 11.7 Å². The van der Waals surface area contributed by atoms with Crippen molar-refractivity contribution in [3.05, 3.63) is 63.3 Å². The van der Waals surface area contributed by atoms with Crippen LogP contribution in [-0.4, -0.2) is 32.8 Å². The lowest BCUT2D eigenvalue weighted by Gasteiger charge is -2.23. The normalized spacial score (nSPS) is 18.5. The zero-order valence-corrected chi connectivity index (χ0v) is 15.4. The Morgan fingerprint density at radius 3 is 2.64 bits per heavy atom. The van der Waals surface area contributed by atoms with Crippen LogP contribution in [0.3, 0.4) is 0 Å². The summed E-state index contributed by atoms with van der Waals surface area (Å²) in [6.07, 6.45) is 5.14. The molecule has 28 heavy (non-hydrogen) atoms. The van der Waals surface area contributed by atoms with E-state index in [1.54, 1.807) is 21.6 Å². The fourth-order valence-electron chi connectivity index (χ4n) is 4.06. The molecule has 2 aliphatic rings. The number of fused-ring (bicyclic) bond motifs is 3. The van der Waals surface area contributed by atoms with Crippen molar-refractivity contribution in [1.82, 2.24) is 9.47 Å². The third-order valence-electron chi connectivity index (χ3n) is 5.57. The molecule has 0 spiro atoms. The number of aromatic nitrogens is 1. The first kappa shape index (κ1) is 18.4. The van der Waals surface area contributed by atoms with E-state index in [0.717, 1.165) is 31.2 Å². The van der Waals surface area contributed by atoms with Gasteiger partial charge in [0.05, 0.1) is 5.56 Å². The maximum Gasteiger partial charge on any atom is 0.276 e. The zero-order chi connectivity index (χ0) is 19.8. The highest BCUT2D eigenvalue weighted by atomic mass is 19.1. The van der Waals surface area contributed by atoms with Crippen LogP contribution in [0.2, 0.25) is 0 Å². The van der Waals surface area contributed by atoms with Crippen molar-refractivity contribution in [2.24, 2.45) is 0 Å². The van der Waals surface area contributed by atoms with E-state index in [2.05, 4.69) is 0 Å². The minimum Gasteiger partial charge on any atom is -0.503 e. The summed E-state index contributed by atoms with van der Waals surface area (Å²) in [5.41, 5.74) is -0.152. The molecular weight excluding hydrogens is 363 g/mol. The molecule has 1 aromatic carbocycles. The number of carbonyl (C=O) groups excluding carboxylic acids is 2. The van der Waals surface area contributed by atoms with Crippen molar-refractivity contribution in [2.75, 3.05) is 6.54 Å². The molecule has 2 aromatic rings. The predicted molar refractivity (Wildman–Crippen MR) is 100.0 cm³/mol. The SMILES string of the molecule is O=C(CCc1ccc(F)cc1)c1cn2c(c(O)c1=O)C(=O)N1CCCCCC12. The lowest BCUT2D eigenvalue weighted by atomic mass is 10.0. The Labute approximate surface area is 161 Å². The van der Waals surface area contributed by atoms with Crippen LogP contribution in [0.1, 0.15) is 64.7 Å². The number of hydrogen-bond acceptors (Lipinski definition) is 4. The van der Waals surface area contributed by atoms with Crippen LogP contribution < -0.4 is 5.43 Å². The van der Waals surface area contributed by atoms with Gasteiger partial charge in [-0.1, -0.05) is 18.6 Å². The molecule has 1 unspecified atom stereocenters. The van der Waals surface area contributed by atoms with Crippen LogP contribution in [0, 0.1) is 5.82 Å². The Hall–Kier alpha value is -2.96. The number of hydrogen-bond donors (Lipinski definition) is 1. The van der Waals surface area contributed by atoms with Gasteiger partial charge in [-0.2, -0.15) is 0 Å². The number of carbonyl (C=O) groups is 2. The van der Waals surface area contributed by atoms with Gasteiger partial charge >= 0.3 is 0 Å². The van der Waals surface area contributed by atoms with Gasteiger partial charge in [0.1, 0.15) is 12.0 Å². The van der Waals surface area contributed by atoms with Gasteiger partial charge < -0.3 is 14.6 Å². The van der Waals surface area contributed by atoms with E-state index in [4.69, 9.17) is 0 Å². The molecule has 4 rings (SSSR count). The summed E-state index contributed by atoms with van der Waals surface area (Å²) in [4.78, 5) is 39.6. The molecule has 1 amide bonds. The second-order valence-electron chi connectivity index (χ2n) is 7.35. The fraction of sp³-hybridized carbons (Fsp3) is 0.381. The van der Waals surface area contributed by atoms with Gasteiger partial charge in [0, 0.05) is 19.2 Å². The minimum absolute atomic E-state index is 0.0213. The first-order chi connectivity index (χ1) is 13.5. The van der Waals surface area contributed by atoms with E-state index in [0.29, 0.717) is 13.0 Å². The second-order valence-corrected chi connectivity index (χ2v) is 7.35. The van der Waals surface area contributed by atoms with Crippen molar-refractivity contribution in [1.29, 1.82) is 0 Å². The predicted octanol–water partition coefficient (Wildman–Crippen LogP) is 3.04. The number of benzene rings is 1. The van der Waals surface area contributed by atoms with Gasteiger partial charge in [-0.3, -0.25) is 14.4 Å². The number of pyridine rings is 1. The quantitative estimate of drug-likeness (QED) is 0.822. The molecule has 6 nitrogen and oxygen atoms in total. The number of aryl methyl sites for hydroxylation is 1. The Balaban J connectivity index is 1.64. The highest BCUT2D eigenvalue weighted by Crippen LogP contribution is 2.36. The van der Waals surface area contributed by atoms with Crippen LogP contribution in [0.4, 0.5) is 4.39 Å². The molecule has 0 aliphatic carbocycles. The maximum atomic E-state index is 13.0. The second kappa shape index (κ2) is 7.22. The third kappa shape index (κ3) is 3.10. The standard InChI is InChI=1S/C21H21FN2O4/c22-14-8-5-13(6-9-14)7-10-16(25)15-12-24-17-4-2-1-3-11-23(17)21(28)18(24)20(27)19(15)26/h5-6,8-9,12,17,27H,1-4,7,10-11H2. The highest BCUT2D eigenvalue weighted by molar-refractivity contribution is 6.00. The van der Waals surface area contributed by atoms with Crippen LogP contribution in [0.5, 0.6) is 5.75 Å². The molecule has 1 atom stereocenters. The number of halogens is 1. The molecule has 1 N–H and O–H groups in total. The fourth-order valence-corrected chi connectivity index (χ4v) is 4.06. The van der Waals surface area contributed by atoms with E-state index in [9.17, 15) is 23.9 Å². The van der Waals surface area contributed by atoms with Gasteiger partial charge in [0.15, 0.2) is 17.2 Å². The van der Waals surface area contributed by atoms with Gasteiger partial charge in [-0.25, -0.2) is 4.39 Å². The summed E-state index contributed by atoms with van der Waals surface area (Å²) < 4.78 is 14.6. The summed E-state index contributed by atoms with van der Waals surface area (Å²) in [6, 6.07) is 5.83. The van der Waals surface area contributed by atoms with Crippen LogP contribution in [-0.2, 0) is 6.42 Å². The van der Waals surface area contributed by atoms with Gasteiger partial charge in [-0.15, -0.1) is 0 Å². The Kier molecular flexibility index (Phi) is 4.75. The van der Waals surface area contributed by atoms with Crippen LogP contribution in [0.25, 0.3) is 0 Å². The number of Topliss-reactive ketones (excluding diaryl/α,β-unsaturated/α-hetero) is 1. The van der Waals surface area contributed by atoms with E-state index in [1.807, 2.05) is 0 Å². The van der Waals surface area contributed by atoms with Gasteiger partial charge in [0.2, 0.25) is 5.43 Å². The third-order valence-corrected chi connectivity index (χ3v) is 5.57. The number of rotatable bonds is 4. The van der Waals surface area contributed by atoms with Crippen LogP contribution in [0.15, 0.2) is 35.3 Å². The zero-order valence-electron chi connectivity index (χ0n) is 15.4. The molecule has 0 radical (unpaired) electrons. The molecule has 2 aliphatic heterocycles. The molecular formula is C21H21FN2O4. The number of nitrogens with zero attached hydrogens (tertiary/aromatic N) is 2. The molecule has 0 saturated carbocycles. The van der Waals surface area contributed by atoms with Gasteiger partial charge in [0.25, 0.3) is 5.91 Å². The van der Waals surface area contributed by atoms with E-state index >= 15 is 0 Å². The van der Waals surface area contributed by atoms with Crippen LogP contribution >= 0.6 is 0 Å². The molecule has 1 aromatic heterocycles. The Bertz CT molecular complexity index is 997. The molecule has 146 valence electrons. The summed E-state index contributed by atoms with van der Waals surface area (Å²) >= 11 is 0. The first-order valence-corrected chi connectivity index (χ1v) is 9.54. The molecule has 1 saturated heterocycles. The minimum atomic E-state index is -0.804. The molecule has 1 fully saturated rings. The van der Waals surface area contributed by atoms with E-state index in [1.165, 1.54) is 18.3 Å². The highest BCUT2D eigenvalue weighted by Gasteiger charge is 2.40. The smallest absolute Gasteiger partial charge is 0.276 e. The summed E-state index contributed by atoms with van der Waals surface area (Å²) in [7, 11) is 0. The Morgan fingerprint density at radius 2 is 1.89 bits per heavy atom. The molecule has 7 heteroatoms. The number of ketones is 1. The summed E-state index contributed by atoms with van der Waals surface area (Å²) in [6.45, 7) is 0.576. The molecule has 3 heterocycles. The average Bonchev–Trinajstić information content (AvgIpc) is 2.84. The van der Waals surface area contributed by atoms with Crippen molar-refractivity contribution in [3.8, 4) is 5.75 Å². The monoisotopic (exact) mass is 384 g/mol. The number of aromatic hydroxyl groups is 1. The van der Waals surface area contributed by atoms with Crippen molar-refractivity contribution in [3.63, 3.8) is 0 Å².